The lowest BCUT2D eigenvalue weighted by molar-refractivity contribution is -0.137. The SMILES string of the molecule is CCCC(N)C(=O)c1ccccc1C(F)(F)F. The topological polar surface area (TPSA) is 43.1 Å². The van der Waals surface area contributed by atoms with Crippen LogP contribution in [0.25, 0.3) is 0 Å². The highest BCUT2D eigenvalue weighted by Gasteiger charge is 2.35. The Kier molecular flexibility index (Phi) is 4.28. The molecular formula is C12H14F3NO. The zero-order valence-corrected chi connectivity index (χ0v) is 9.42. The standard InChI is InChI=1S/C12H14F3NO/c1-2-5-10(16)11(17)8-6-3-4-7-9(8)12(13,14)15/h3-4,6-7,10H,2,5,16H2,1H3. The molecule has 94 valence electrons. The fourth-order valence-corrected chi connectivity index (χ4v) is 1.59. The zero-order chi connectivity index (χ0) is 13.1. The minimum Gasteiger partial charge on any atom is -0.321 e. The maximum Gasteiger partial charge on any atom is 0.417 e. The van der Waals surface area contributed by atoms with Gasteiger partial charge in [0.2, 0.25) is 0 Å². The minimum atomic E-state index is -4.53. The second-order valence-electron chi connectivity index (χ2n) is 3.80. The lowest BCUT2D eigenvalue weighted by atomic mass is 9.96. The van der Waals surface area contributed by atoms with Crippen molar-refractivity contribution >= 4 is 5.78 Å². The van der Waals surface area contributed by atoms with Gasteiger partial charge in [0.05, 0.1) is 11.6 Å². The molecule has 0 aliphatic heterocycles. The number of alkyl halides is 3. The third-order valence-corrected chi connectivity index (χ3v) is 2.43. The number of benzene rings is 1. The van der Waals surface area contributed by atoms with Crippen LogP contribution in [-0.2, 0) is 6.18 Å². The predicted molar refractivity (Wildman–Crippen MR) is 58.7 cm³/mol. The van der Waals surface area contributed by atoms with E-state index in [2.05, 4.69) is 0 Å². The highest BCUT2D eigenvalue weighted by atomic mass is 19.4. The number of carbonyl (C=O) groups excluding carboxylic acids is 1. The van der Waals surface area contributed by atoms with Gasteiger partial charge in [-0.2, -0.15) is 13.2 Å². The number of halogens is 3. The van der Waals surface area contributed by atoms with E-state index in [1.54, 1.807) is 0 Å². The molecule has 0 aliphatic carbocycles. The van der Waals surface area contributed by atoms with Crippen LogP contribution in [0.5, 0.6) is 0 Å². The molecule has 0 aromatic heterocycles. The third-order valence-electron chi connectivity index (χ3n) is 2.43. The van der Waals surface area contributed by atoms with E-state index in [9.17, 15) is 18.0 Å². The van der Waals surface area contributed by atoms with Crippen LogP contribution in [0.2, 0.25) is 0 Å². The number of hydrogen-bond acceptors (Lipinski definition) is 2. The summed E-state index contributed by atoms with van der Waals surface area (Å²) in [4.78, 5) is 11.8. The van der Waals surface area contributed by atoms with E-state index in [-0.39, 0.29) is 5.56 Å². The summed E-state index contributed by atoms with van der Waals surface area (Å²) in [6.07, 6.45) is -3.50. The van der Waals surface area contributed by atoms with Crippen LogP contribution in [0.4, 0.5) is 13.2 Å². The molecule has 1 atom stereocenters. The smallest absolute Gasteiger partial charge is 0.321 e. The highest BCUT2D eigenvalue weighted by Crippen LogP contribution is 2.32. The average Bonchev–Trinajstić information content (AvgIpc) is 2.27. The van der Waals surface area contributed by atoms with Crippen LogP contribution in [0.1, 0.15) is 35.7 Å². The van der Waals surface area contributed by atoms with Crippen molar-refractivity contribution in [3.8, 4) is 0 Å². The number of rotatable bonds is 4. The van der Waals surface area contributed by atoms with Gasteiger partial charge in [-0.15, -0.1) is 0 Å². The van der Waals surface area contributed by atoms with Crippen LogP contribution < -0.4 is 5.73 Å². The van der Waals surface area contributed by atoms with Crippen LogP contribution in [0, 0.1) is 0 Å². The number of hydrogen-bond donors (Lipinski definition) is 1. The summed E-state index contributed by atoms with van der Waals surface area (Å²) in [6.45, 7) is 1.82. The van der Waals surface area contributed by atoms with Crippen molar-refractivity contribution in [3.63, 3.8) is 0 Å². The molecule has 2 N–H and O–H groups in total. The van der Waals surface area contributed by atoms with Gasteiger partial charge in [-0.25, -0.2) is 0 Å². The van der Waals surface area contributed by atoms with E-state index < -0.39 is 23.6 Å². The fourth-order valence-electron chi connectivity index (χ4n) is 1.59. The van der Waals surface area contributed by atoms with Crippen molar-refractivity contribution in [3.05, 3.63) is 35.4 Å². The van der Waals surface area contributed by atoms with Gasteiger partial charge in [0.25, 0.3) is 0 Å². The molecule has 1 rings (SSSR count). The van der Waals surface area contributed by atoms with Gasteiger partial charge in [0.1, 0.15) is 0 Å². The summed E-state index contributed by atoms with van der Waals surface area (Å²) < 4.78 is 38.0. The lowest BCUT2D eigenvalue weighted by Gasteiger charge is -2.14. The van der Waals surface area contributed by atoms with Gasteiger partial charge in [0, 0.05) is 5.56 Å². The molecule has 0 bridgehead atoms. The van der Waals surface area contributed by atoms with Gasteiger partial charge < -0.3 is 5.73 Å². The summed E-state index contributed by atoms with van der Waals surface area (Å²) in [5.41, 5.74) is 4.29. The normalized spacial score (nSPS) is 13.5. The van der Waals surface area contributed by atoms with Crippen LogP contribution in [-0.4, -0.2) is 11.8 Å². The Morgan fingerprint density at radius 3 is 2.47 bits per heavy atom. The summed E-state index contributed by atoms with van der Waals surface area (Å²) in [6, 6.07) is 3.85. The molecule has 17 heavy (non-hydrogen) atoms. The fraction of sp³-hybridized carbons (Fsp3) is 0.417. The molecule has 0 spiro atoms. The lowest BCUT2D eigenvalue weighted by Crippen LogP contribution is -2.31. The number of nitrogens with two attached hydrogens (primary N) is 1. The molecule has 0 saturated heterocycles. The average molecular weight is 245 g/mol. The molecule has 0 fully saturated rings. The Hall–Kier alpha value is -1.36. The summed E-state index contributed by atoms with van der Waals surface area (Å²) in [5.74, 6) is -0.653. The molecule has 0 aliphatic rings. The predicted octanol–water partition coefficient (Wildman–Crippen LogP) is 3.02. The Labute approximate surface area is 97.6 Å². The number of ketones is 1. The van der Waals surface area contributed by atoms with Gasteiger partial charge in [-0.3, -0.25) is 4.79 Å². The Morgan fingerprint density at radius 2 is 1.94 bits per heavy atom. The molecule has 0 saturated carbocycles. The van der Waals surface area contributed by atoms with Crippen molar-refractivity contribution in [2.24, 2.45) is 5.73 Å². The second-order valence-corrected chi connectivity index (χ2v) is 3.80. The van der Waals surface area contributed by atoms with Crippen molar-refractivity contribution in [2.45, 2.75) is 32.0 Å². The van der Waals surface area contributed by atoms with Crippen molar-refractivity contribution < 1.29 is 18.0 Å². The zero-order valence-electron chi connectivity index (χ0n) is 9.42. The number of Topliss-reactive ketones (excluding diaryl/α,β-unsaturated/α-hetero) is 1. The molecule has 1 unspecified atom stereocenters. The maximum atomic E-state index is 12.7. The molecule has 0 amide bonds. The monoisotopic (exact) mass is 245 g/mol. The third kappa shape index (κ3) is 3.30. The second kappa shape index (κ2) is 5.31. The first-order valence-electron chi connectivity index (χ1n) is 5.34. The van der Waals surface area contributed by atoms with Crippen molar-refractivity contribution in [1.82, 2.24) is 0 Å². The molecule has 2 nitrogen and oxygen atoms in total. The summed E-state index contributed by atoms with van der Waals surface area (Å²) in [5, 5.41) is 0. The van der Waals surface area contributed by atoms with Gasteiger partial charge in [-0.1, -0.05) is 31.5 Å². The largest absolute Gasteiger partial charge is 0.417 e. The van der Waals surface area contributed by atoms with Crippen LogP contribution >= 0.6 is 0 Å². The maximum absolute atomic E-state index is 12.7. The number of carbonyl (C=O) groups is 1. The van der Waals surface area contributed by atoms with E-state index >= 15 is 0 Å². The first kappa shape index (κ1) is 13.7. The van der Waals surface area contributed by atoms with E-state index in [1.807, 2.05) is 6.92 Å². The van der Waals surface area contributed by atoms with E-state index in [4.69, 9.17) is 5.73 Å². The molecule has 0 radical (unpaired) electrons. The minimum absolute atomic E-state index is 0.346. The van der Waals surface area contributed by atoms with E-state index in [0.29, 0.717) is 12.8 Å². The van der Waals surface area contributed by atoms with Crippen LogP contribution in [0.3, 0.4) is 0 Å². The molecule has 1 aromatic carbocycles. The molecule has 5 heteroatoms. The Bertz CT molecular complexity index is 401. The van der Waals surface area contributed by atoms with Gasteiger partial charge in [0.15, 0.2) is 5.78 Å². The Morgan fingerprint density at radius 1 is 1.35 bits per heavy atom. The quantitative estimate of drug-likeness (QED) is 0.828. The summed E-state index contributed by atoms with van der Waals surface area (Å²) in [7, 11) is 0. The molecular weight excluding hydrogens is 231 g/mol. The van der Waals surface area contributed by atoms with E-state index in [1.165, 1.54) is 18.2 Å². The summed E-state index contributed by atoms with van der Waals surface area (Å²) >= 11 is 0. The highest BCUT2D eigenvalue weighted by molar-refractivity contribution is 6.01. The van der Waals surface area contributed by atoms with E-state index in [0.717, 1.165) is 6.07 Å². The molecule has 0 heterocycles. The first-order valence-corrected chi connectivity index (χ1v) is 5.34. The first-order chi connectivity index (χ1) is 7.88. The van der Waals surface area contributed by atoms with Gasteiger partial charge >= 0.3 is 6.18 Å². The van der Waals surface area contributed by atoms with Crippen molar-refractivity contribution in [2.75, 3.05) is 0 Å². The molecule has 1 aromatic rings. The van der Waals surface area contributed by atoms with Crippen LogP contribution in [0.15, 0.2) is 24.3 Å². The van der Waals surface area contributed by atoms with Gasteiger partial charge in [-0.05, 0) is 12.5 Å². The Balaban J connectivity index is 3.10. The van der Waals surface area contributed by atoms with Crippen molar-refractivity contribution in [1.29, 1.82) is 0 Å².